The summed E-state index contributed by atoms with van der Waals surface area (Å²) in [5.74, 6) is 0. The van der Waals surface area contributed by atoms with E-state index in [1.807, 2.05) is 30.6 Å². The Balaban J connectivity index is 1.43. The van der Waals surface area contributed by atoms with E-state index in [1.165, 1.54) is 16.3 Å². The van der Waals surface area contributed by atoms with E-state index in [0.29, 0.717) is 0 Å². The second-order valence-electron chi connectivity index (χ2n) is 9.25. The topological polar surface area (TPSA) is 25.8 Å². The predicted molar refractivity (Wildman–Crippen MR) is 139 cm³/mol. The van der Waals surface area contributed by atoms with Crippen molar-refractivity contribution in [3.05, 3.63) is 103 Å². The van der Waals surface area contributed by atoms with Gasteiger partial charge in [0.05, 0.1) is 19.3 Å². The highest BCUT2D eigenvalue weighted by molar-refractivity contribution is 6.88. The quantitative estimate of drug-likeness (QED) is 0.282. The van der Waals surface area contributed by atoms with Gasteiger partial charge in [0, 0.05) is 28.9 Å². The Morgan fingerprint density at radius 2 is 1.22 bits per heavy atom. The summed E-state index contributed by atoms with van der Waals surface area (Å²) in [6.45, 7) is 7.14. The van der Waals surface area contributed by atoms with E-state index in [-0.39, 0.29) is 0 Å². The number of aromatic nitrogens is 2. The smallest absolute Gasteiger partial charge is 0.0775 e. The van der Waals surface area contributed by atoms with Crippen LogP contribution in [-0.2, 0) is 0 Å². The second kappa shape index (κ2) is 8.17. The maximum Gasteiger partial charge on any atom is 0.0775 e. The molecule has 0 bridgehead atoms. The van der Waals surface area contributed by atoms with Crippen LogP contribution in [0.25, 0.3) is 44.4 Å². The van der Waals surface area contributed by atoms with E-state index in [2.05, 4.69) is 97.4 Å². The summed E-state index contributed by atoms with van der Waals surface area (Å²) < 4.78 is 0. The maximum atomic E-state index is 4.78. The highest BCUT2D eigenvalue weighted by atomic mass is 28.3. The monoisotopic (exact) mass is 430 g/mol. The average molecular weight is 431 g/mol. The van der Waals surface area contributed by atoms with Gasteiger partial charge in [-0.25, -0.2) is 0 Å². The molecule has 0 N–H and O–H groups in total. The van der Waals surface area contributed by atoms with Gasteiger partial charge < -0.3 is 0 Å². The zero-order chi connectivity index (χ0) is 22.1. The molecule has 2 heterocycles. The number of hydrogen-bond donors (Lipinski definition) is 0. The molecule has 0 aliphatic carbocycles. The van der Waals surface area contributed by atoms with Crippen LogP contribution >= 0.6 is 0 Å². The van der Waals surface area contributed by atoms with Gasteiger partial charge in [0.1, 0.15) is 0 Å². The SMILES string of the molecule is C[Si](C)(C)c1ccc(-c2ccc3cc(-c4ccc(-c5ccccn5)cc4)cnc3c2)cc1. The van der Waals surface area contributed by atoms with Crippen LogP contribution in [0.3, 0.4) is 0 Å². The Hall–Kier alpha value is -3.56. The molecule has 32 heavy (non-hydrogen) atoms. The average Bonchev–Trinajstić information content (AvgIpc) is 2.83. The summed E-state index contributed by atoms with van der Waals surface area (Å²) in [6.07, 6.45) is 3.79. The van der Waals surface area contributed by atoms with Gasteiger partial charge in [-0.2, -0.15) is 0 Å². The number of nitrogens with zero attached hydrogens (tertiary/aromatic N) is 2. The fourth-order valence-corrected chi connectivity index (χ4v) is 5.16. The highest BCUT2D eigenvalue weighted by Crippen LogP contribution is 2.28. The van der Waals surface area contributed by atoms with Gasteiger partial charge in [0.15, 0.2) is 0 Å². The van der Waals surface area contributed by atoms with E-state index in [4.69, 9.17) is 4.98 Å². The Morgan fingerprint density at radius 1 is 0.562 bits per heavy atom. The minimum absolute atomic E-state index is 0.987. The molecule has 0 atom stereocenters. The van der Waals surface area contributed by atoms with Gasteiger partial charge in [-0.3, -0.25) is 9.97 Å². The largest absolute Gasteiger partial charge is 0.256 e. The molecule has 0 radical (unpaired) electrons. The molecular formula is C29H26N2Si. The van der Waals surface area contributed by atoms with E-state index in [1.54, 1.807) is 0 Å². The molecule has 0 aliphatic rings. The first-order valence-corrected chi connectivity index (χ1v) is 14.5. The molecule has 0 saturated heterocycles. The van der Waals surface area contributed by atoms with Crippen LogP contribution in [0.15, 0.2) is 103 Å². The first kappa shape index (κ1) is 20.3. The molecule has 3 aromatic carbocycles. The van der Waals surface area contributed by atoms with Gasteiger partial charge >= 0.3 is 0 Å². The Labute approximate surface area is 190 Å². The molecule has 0 amide bonds. The minimum Gasteiger partial charge on any atom is -0.256 e. The number of benzene rings is 3. The van der Waals surface area contributed by atoms with Crippen molar-refractivity contribution < 1.29 is 0 Å². The van der Waals surface area contributed by atoms with Gasteiger partial charge in [-0.1, -0.05) is 91.6 Å². The van der Waals surface area contributed by atoms with Crippen molar-refractivity contribution in [2.24, 2.45) is 0 Å². The lowest BCUT2D eigenvalue weighted by atomic mass is 10.0. The molecule has 2 aromatic heterocycles. The molecule has 0 unspecified atom stereocenters. The summed E-state index contributed by atoms with van der Waals surface area (Å²) in [5, 5.41) is 2.64. The molecule has 5 rings (SSSR count). The van der Waals surface area contributed by atoms with Crippen molar-refractivity contribution in [1.82, 2.24) is 9.97 Å². The van der Waals surface area contributed by atoms with Crippen LogP contribution in [0.2, 0.25) is 19.6 Å². The molecular weight excluding hydrogens is 404 g/mol. The molecule has 5 aromatic rings. The third-order valence-electron chi connectivity index (χ3n) is 5.95. The van der Waals surface area contributed by atoms with Crippen molar-refractivity contribution in [2.75, 3.05) is 0 Å². The first-order chi connectivity index (χ1) is 15.5. The van der Waals surface area contributed by atoms with Gasteiger partial charge in [0.25, 0.3) is 0 Å². The van der Waals surface area contributed by atoms with Crippen molar-refractivity contribution in [3.8, 4) is 33.5 Å². The van der Waals surface area contributed by atoms with E-state index in [9.17, 15) is 0 Å². The summed E-state index contributed by atoms with van der Waals surface area (Å²) >= 11 is 0. The minimum atomic E-state index is -1.28. The fourth-order valence-electron chi connectivity index (χ4n) is 3.99. The zero-order valence-corrected chi connectivity index (χ0v) is 19.7. The van der Waals surface area contributed by atoms with Crippen LogP contribution in [0, 0.1) is 0 Å². The van der Waals surface area contributed by atoms with Crippen LogP contribution in [0.1, 0.15) is 0 Å². The standard InChI is InChI=1S/C29H26N2Si/c1-32(2,3)27-15-13-21(14-16-27)24-11-12-25-18-26(20-31-29(25)19-24)22-7-9-23(10-8-22)28-6-4-5-17-30-28/h4-20H,1-3H3. The third-order valence-corrected chi connectivity index (χ3v) is 8.01. The molecule has 0 aliphatic heterocycles. The lowest BCUT2D eigenvalue weighted by Gasteiger charge is -2.16. The van der Waals surface area contributed by atoms with E-state index >= 15 is 0 Å². The normalized spacial score (nSPS) is 11.6. The fraction of sp³-hybridized carbons (Fsp3) is 0.103. The lowest BCUT2D eigenvalue weighted by molar-refractivity contribution is 1.33. The van der Waals surface area contributed by atoms with Crippen molar-refractivity contribution in [3.63, 3.8) is 0 Å². The zero-order valence-electron chi connectivity index (χ0n) is 18.7. The molecule has 156 valence electrons. The van der Waals surface area contributed by atoms with Crippen molar-refractivity contribution in [2.45, 2.75) is 19.6 Å². The van der Waals surface area contributed by atoms with Crippen LogP contribution < -0.4 is 5.19 Å². The molecule has 0 spiro atoms. The summed E-state index contributed by atoms with van der Waals surface area (Å²) in [6, 6.07) is 32.3. The number of rotatable bonds is 4. The Bertz CT molecular complexity index is 1370. The molecule has 2 nitrogen and oxygen atoms in total. The molecule has 3 heteroatoms. The Kier molecular flexibility index (Phi) is 5.20. The maximum absolute atomic E-state index is 4.78. The first-order valence-electron chi connectivity index (χ1n) is 11.0. The molecule has 0 fully saturated rings. The van der Waals surface area contributed by atoms with Gasteiger partial charge in [0.2, 0.25) is 0 Å². The highest BCUT2D eigenvalue weighted by Gasteiger charge is 2.15. The van der Waals surface area contributed by atoms with Crippen LogP contribution in [-0.4, -0.2) is 18.0 Å². The molecule has 0 saturated carbocycles. The number of hydrogen-bond acceptors (Lipinski definition) is 2. The summed E-state index contributed by atoms with van der Waals surface area (Å²) in [7, 11) is -1.28. The van der Waals surface area contributed by atoms with Crippen molar-refractivity contribution in [1.29, 1.82) is 0 Å². The van der Waals surface area contributed by atoms with Crippen LogP contribution in [0.4, 0.5) is 0 Å². The summed E-state index contributed by atoms with van der Waals surface area (Å²) in [5.41, 5.74) is 7.85. The van der Waals surface area contributed by atoms with Crippen LogP contribution in [0.5, 0.6) is 0 Å². The third kappa shape index (κ3) is 4.12. The predicted octanol–water partition coefficient (Wildman–Crippen LogP) is 7.18. The second-order valence-corrected chi connectivity index (χ2v) is 14.3. The van der Waals surface area contributed by atoms with Crippen molar-refractivity contribution >= 4 is 24.2 Å². The van der Waals surface area contributed by atoms with E-state index < -0.39 is 8.07 Å². The summed E-state index contributed by atoms with van der Waals surface area (Å²) in [4.78, 5) is 9.21. The van der Waals surface area contributed by atoms with Gasteiger partial charge in [-0.15, -0.1) is 0 Å². The van der Waals surface area contributed by atoms with E-state index in [0.717, 1.165) is 33.3 Å². The number of pyridine rings is 2. The Morgan fingerprint density at radius 3 is 1.91 bits per heavy atom. The van der Waals surface area contributed by atoms with Gasteiger partial charge in [-0.05, 0) is 41.0 Å². The lowest BCUT2D eigenvalue weighted by Crippen LogP contribution is -2.37. The number of fused-ring (bicyclic) bond motifs is 1.